The highest BCUT2D eigenvalue weighted by Crippen LogP contribution is 2.19. The molecule has 3 atom stereocenters. The minimum absolute atomic E-state index is 0.0748. The van der Waals surface area contributed by atoms with E-state index in [2.05, 4.69) is 38.2 Å². The molecule has 0 aromatic rings. The number of esters is 1. The van der Waals surface area contributed by atoms with Crippen molar-refractivity contribution >= 4 is 11.9 Å². The average Bonchev–Trinajstić information content (AvgIpc) is 3.31. The van der Waals surface area contributed by atoms with Gasteiger partial charge in [0.25, 0.3) is 0 Å². The van der Waals surface area contributed by atoms with Gasteiger partial charge >= 0.3 is 5.97 Å². The van der Waals surface area contributed by atoms with Crippen LogP contribution in [0, 0.1) is 0 Å². The predicted octanol–water partition coefficient (Wildman–Crippen LogP) is 18.5. The van der Waals surface area contributed by atoms with Crippen LogP contribution in [0.4, 0.5) is 0 Å². The van der Waals surface area contributed by atoms with Crippen molar-refractivity contribution < 1.29 is 24.5 Å². The van der Waals surface area contributed by atoms with E-state index in [0.29, 0.717) is 19.3 Å². The fourth-order valence-corrected chi connectivity index (χ4v) is 9.55. The summed E-state index contributed by atoms with van der Waals surface area (Å²) in [5, 5.41) is 23.9. The van der Waals surface area contributed by atoms with Crippen molar-refractivity contribution in [2.75, 3.05) is 6.61 Å². The number of carbonyl (C=O) groups is 2. The number of nitrogens with one attached hydrogen (secondary N) is 1. The second-order valence-corrected chi connectivity index (χ2v) is 20.8. The lowest BCUT2D eigenvalue weighted by molar-refractivity contribution is -0.151. The minimum atomic E-state index is -0.787. The predicted molar refractivity (Wildman–Crippen MR) is 287 cm³/mol. The quantitative estimate of drug-likeness (QED) is 0.0321. The summed E-state index contributed by atoms with van der Waals surface area (Å²) >= 11 is 0. The number of aliphatic hydroxyl groups is 2. The highest BCUT2D eigenvalue weighted by molar-refractivity contribution is 5.77. The zero-order valence-corrected chi connectivity index (χ0v) is 44.9. The summed E-state index contributed by atoms with van der Waals surface area (Å²) in [6, 6.07) is -0.701. The molecule has 6 heteroatoms. The minimum Gasteiger partial charge on any atom is -0.462 e. The van der Waals surface area contributed by atoms with Crippen molar-refractivity contribution in [2.24, 2.45) is 0 Å². The van der Waals surface area contributed by atoms with E-state index in [1.807, 2.05) is 0 Å². The molecule has 0 bridgehead atoms. The van der Waals surface area contributed by atoms with Crippen LogP contribution in [0.3, 0.4) is 0 Å². The number of carbonyl (C=O) groups excluding carboxylic acids is 2. The number of hydrogen-bond donors (Lipinski definition) is 3. The van der Waals surface area contributed by atoms with Crippen LogP contribution in [0.5, 0.6) is 0 Å². The lowest BCUT2D eigenvalue weighted by atomic mass is 10.0. The van der Waals surface area contributed by atoms with Crippen LogP contribution in [-0.4, -0.2) is 46.9 Å². The first-order valence-corrected chi connectivity index (χ1v) is 29.9. The van der Waals surface area contributed by atoms with Gasteiger partial charge < -0.3 is 20.3 Å². The van der Waals surface area contributed by atoms with E-state index in [1.165, 1.54) is 231 Å². The molecule has 0 saturated heterocycles. The van der Waals surface area contributed by atoms with Gasteiger partial charge in [-0.15, -0.1) is 0 Å². The molecule has 0 aliphatic carbocycles. The Hall–Kier alpha value is -1.40. The van der Waals surface area contributed by atoms with Gasteiger partial charge in [-0.2, -0.15) is 0 Å². The molecule has 3 N–H and O–H groups in total. The molecule has 0 aliphatic rings. The zero-order chi connectivity index (χ0) is 48.1. The summed E-state index contributed by atoms with van der Waals surface area (Å²) in [6.07, 6.45) is 62.8. The lowest BCUT2D eigenvalue weighted by Gasteiger charge is -2.24. The number of aliphatic hydroxyl groups excluding tert-OH is 2. The Morgan fingerprint density at radius 2 is 0.727 bits per heavy atom. The van der Waals surface area contributed by atoms with Crippen LogP contribution in [0.2, 0.25) is 0 Å². The number of rotatable bonds is 55. The molecule has 392 valence electrons. The molecule has 0 rings (SSSR count). The van der Waals surface area contributed by atoms with Crippen molar-refractivity contribution in [1.29, 1.82) is 0 Å². The van der Waals surface area contributed by atoms with E-state index >= 15 is 0 Å². The molecular weight excluding hydrogens is 815 g/mol. The fraction of sp³-hybridized carbons (Fsp3) is 0.933. The van der Waals surface area contributed by atoms with Gasteiger partial charge in [-0.3, -0.25) is 9.59 Å². The topological polar surface area (TPSA) is 95.9 Å². The van der Waals surface area contributed by atoms with E-state index in [4.69, 9.17) is 4.74 Å². The van der Waals surface area contributed by atoms with Gasteiger partial charge in [0.15, 0.2) is 0 Å². The summed E-state index contributed by atoms with van der Waals surface area (Å²) in [5.74, 6) is -0.465. The highest BCUT2D eigenvalue weighted by atomic mass is 16.5. The van der Waals surface area contributed by atoms with Crippen LogP contribution in [0.1, 0.15) is 335 Å². The Labute approximate surface area is 412 Å². The molecule has 0 spiro atoms. The molecule has 66 heavy (non-hydrogen) atoms. The summed E-state index contributed by atoms with van der Waals surface area (Å²) in [4.78, 5) is 26.3. The Balaban J connectivity index is 4.48. The van der Waals surface area contributed by atoms with Crippen LogP contribution < -0.4 is 5.32 Å². The van der Waals surface area contributed by atoms with E-state index in [-0.39, 0.29) is 24.9 Å². The summed E-state index contributed by atoms with van der Waals surface area (Å²) in [7, 11) is 0. The maximum absolute atomic E-state index is 13.3. The molecule has 0 fully saturated rings. The van der Waals surface area contributed by atoms with E-state index < -0.39 is 18.2 Å². The molecule has 0 radical (unpaired) electrons. The third-order valence-corrected chi connectivity index (χ3v) is 14.1. The molecule has 0 aliphatic heterocycles. The third-order valence-electron chi connectivity index (χ3n) is 14.1. The highest BCUT2D eigenvalue weighted by Gasteiger charge is 2.24. The first kappa shape index (κ1) is 64.6. The summed E-state index contributed by atoms with van der Waals surface area (Å²) in [6.45, 7) is 6.53. The fourth-order valence-electron chi connectivity index (χ4n) is 9.55. The number of hydrogen-bond acceptors (Lipinski definition) is 5. The maximum Gasteiger partial charge on any atom is 0.306 e. The SMILES string of the molecule is CCCCCCCCC/C=C/CCCCCC(CC(=O)NC(CO)C(O)CCCCCCCCCCCCCCCCCCC)OC(=O)CCCCCCCCCCCCCCCCCC. The van der Waals surface area contributed by atoms with Crippen LogP contribution in [0.15, 0.2) is 12.2 Å². The zero-order valence-electron chi connectivity index (χ0n) is 44.9. The summed E-state index contributed by atoms with van der Waals surface area (Å²) in [5.41, 5.74) is 0. The Kier molecular flexibility index (Phi) is 53.4. The number of ether oxygens (including phenoxy) is 1. The van der Waals surface area contributed by atoms with Gasteiger partial charge in [0, 0.05) is 6.42 Å². The molecule has 0 heterocycles. The number of allylic oxidation sites excluding steroid dienone is 2. The normalized spacial score (nSPS) is 13.1. The molecule has 0 aromatic carbocycles. The average molecular weight is 933 g/mol. The Morgan fingerprint density at radius 1 is 0.424 bits per heavy atom. The van der Waals surface area contributed by atoms with Crippen molar-refractivity contribution in [1.82, 2.24) is 5.32 Å². The van der Waals surface area contributed by atoms with E-state index in [9.17, 15) is 19.8 Å². The Bertz CT molecular complexity index is 1000. The van der Waals surface area contributed by atoms with E-state index in [0.717, 1.165) is 57.8 Å². The molecule has 3 unspecified atom stereocenters. The van der Waals surface area contributed by atoms with Gasteiger partial charge in [0.2, 0.25) is 5.91 Å². The second kappa shape index (κ2) is 54.5. The monoisotopic (exact) mass is 932 g/mol. The molecule has 1 amide bonds. The first-order valence-electron chi connectivity index (χ1n) is 29.9. The van der Waals surface area contributed by atoms with Crippen molar-refractivity contribution in [3.8, 4) is 0 Å². The largest absolute Gasteiger partial charge is 0.462 e. The molecule has 0 aromatic heterocycles. The lowest BCUT2D eigenvalue weighted by Crippen LogP contribution is -2.46. The van der Waals surface area contributed by atoms with Crippen molar-refractivity contribution in [3.05, 3.63) is 12.2 Å². The van der Waals surface area contributed by atoms with E-state index in [1.54, 1.807) is 0 Å². The van der Waals surface area contributed by atoms with Crippen LogP contribution in [0.25, 0.3) is 0 Å². The van der Waals surface area contributed by atoms with Gasteiger partial charge in [0.1, 0.15) is 6.10 Å². The van der Waals surface area contributed by atoms with Gasteiger partial charge in [0.05, 0.1) is 25.2 Å². The maximum atomic E-state index is 13.3. The Morgan fingerprint density at radius 3 is 1.09 bits per heavy atom. The molecule has 6 nitrogen and oxygen atoms in total. The van der Waals surface area contributed by atoms with Gasteiger partial charge in [-0.25, -0.2) is 0 Å². The van der Waals surface area contributed by atoms with Crippen molar-refractivity contribution in [3.63, 3.8) is 0 Å². The van der Waals surface area contributed by atoms with Gasteiger partial charge in [-0.05, 0) is 51.4 Å². The summed E-state index contributed by atoms with van der Waals surface area (Å²) < 4.78 is 5.96. The molecule has 0 saturated carbocycles. The number of unbranched alkanes of at least 4 members (excludes halogenated alkanes) is 41. The first-order chi connectivity index (χ1) is 32.5. The second-order valence-electron chi connectivity index (χ2n) is 20.8. The molecular formula is C60H117NO5. The van der Waals surface area contributed by atoms with Crippen LogP contribution >= 0.6 is 0 Å². The standard InChI is InChI=1S/C60H117NO5/c1-4-7-10-13-16-19-22-25-28-30-31-34-37-40-43-46-49-52-58(63)57(55-62)61-59(64)54-56(51-48-45-42-39-36-33-27-24-21-18-15-12-9-6-3)66-60(65)53-50-47-44-41-38-35-32-29-26-23-20-17-14-11-8-5-2/h33,36,56-58,62-63H,4-32,34-35,37-55H2,1-3H3,(H,61,64)/b36-33+. The van der Waals surface area contributed by atoms with Gasteiger partial charge in [-0.1, -0.05) is 283 Å². The van der Waals surface area contributed by atoms with Crippen molar-refractivity contribution in [2.45, 2.75) is 354 Å². The van der Waals surface area contributed by atoms with Crippen LogP contribution in [-0.2, 0) is 14.3 Å². The number of amides is 1. The third kappa shape index (κ3) is 49.0. The smallest absolute Gasteiger partial charge is 0.306 e.